The predicted molar refractivity (Wildman–Crippen MR) is 119 cm³/mol. The number of hydrogen-bond acceptors (Lipinski definition) is 0. The van der Waals surface area contributed by atoms with Crippen LogP contribution >= 0.6 is 0 Å². The Morgan fingerprint density at radius 3 is 1.86 bits per heavy atom. The molecular weight excluding hydrogens is 343 g/mol. The predicted octanol–water partition coefficient (Wildman–Crippen LogP) is 8.76. The summed E-state index contributed by atoms with van der Waals surface area (Å²) in [5.41, 5.74) is 3.08. The van der Waals surface area contributed by atoms with Crippen LogP contribution in [0.3, 0.4) is 0 Å². The van der Waals surface area contributed by atoms with Crippen molar-refractivity contribution in [3.05, 3.63) is 47.8 Å². The highest BCUT2D eigenvalue weighted by molar-refractivity contribution is 5.25. The lowest BCUT2D eigenvalue weighted by atomic mass is 9.74. The molecule has 0 atom stereocenters. The highest BCUT2D eigenvalue weighted by Crippen LogP contribution is 2.40. The first-order chi connectivity index (χ1) is 13.8. The third-order valence-electron chi connectivity index (χ3n) is 7.62. The first-order valence-electron chi connectivity index (χ1n) is 12.1. The molecule has 28 heavy (non-hydrogen) atoms. The average Bonchev–Trinajstić information content (AvgIpc) is 2.75. The maximum Gasteiger partial charge on any atom is 0.0827 e. The number of rotatable bonds is 9. The number of aryl methyl sites for hydroxylation is 1. The average molecular weight is 385 g/mol. The molecule has 0 nitrogen and oxygen atoms in total. The van der Waals surface area contributed by atoms with E-state index >= 15 is 0 Å². The topological polar surface area (TPSA) is 0 Å². The second-order valence-corrected chi connectivity index (χ2v) is 9.61. The Hall–Kier alpha value is -1.11. The van der Waals surface area contributed by atoms with Gasteiger partial charge >= 0.3 is 0 Å². The highest BCUT2D eigenvalue weighted by atomic mass is 19.1. The van der Waals surface area contributed by atoms with E-state index in [1.54, 1.807) is 11.6 Å². The van der Waals surface area contributed by atoms with Gasteiger partial charge in [0.25, 0.3) is 0 Å². The minimum absolute atomic E-state index is 0.710. The molecule has 2 saturated carbocycles. The highest BCUT2D eigenvalue weighted by Gasteiger charge is 2.25. The molecule has 2 aliphatic carbocycles. The molecule has 0 saturated heterocycles. The minimum Gasteiger partial charge on any atom is -0.216 e. The zero-order valence-corrected chi connectivity index (χ0v) is 18.1. The van der Waals surface area contributed by atoms with E-state index in [0.717, 1.165) is 30.1 Å². The molecule has 2 fully saturated rings. The first-order valence-corrected chi connectivity index (χ1v) is 12.1. The lowest BCUT2D eigenvalue weighted by Gasteiger charge is -2.32. The standard InChI is InChI=1S/C27H41F/c1-2-5-22-13-17-26(18-14-22)27-19-15-25(16-20-27)12-11-24-9-7-23(8-10-24)6-3-4-21-28/h4,13-14,17-18,21,23-25,27H,2-3,5-12,15-16,19-20H2,1H3. The molecule has 0 heterocycles. The van der Waals surface area contributed by atoms with Gasteiger partial charge in [0, 0.05) is 0 Å². The molecule has 1 aromatic rings. The molecule has 0 radical (unpaired) electrons. The summed E-state index contributed by atoms with van der Waals surface area (Å²) >= 11 is 0. The van der Waals surface area contributed by atoms with Crippen LogP contribution in [0.4, 0.5) is 4.39 Å². The van der Waals surface area contributed by atoms with Crippen LogP contribution in [0.2, 0.25) is 0 Å². The Morgan fingerprint density at radius 1 is 0.786 bits per heavy atom. The van der Waals surface area contributed by atoms with Gasteiger partial charge in [-0.3, -0.25) is 0 Å². The molecule has 0 aliphatic heterocycles. The van der Waals surface area contributed by atoms with Crippen molar-refractivity contribution >= 4 is 0 Å². The second-order valence-electron chi connectivity index (χ2n) is 9.61. The van der Waals surface area contributed by atoms with Gasteiger partial charge in [-0.1, -0.05) is 82.2 Å². The van der Waals surface area contributed by atoms with Crippen molar-refractivity contribution in [1.29, 1.82) is 0 Å². The summed E-state index contributed by atoms with van der Waals surface area (Å²) in [6, 6.07) is 9.51. The van der Waals surface area contributed by atoms with Crippen molar-refractivity contribution in [3.63, 3.8) is 0 Å². The van der Waals surface area contributed by atoms with Crippen LogP contribution in [0.15, 0.2) is 36.7 Å². The summed E-state index contributed by atoms with van der Waals surface area (Å²) in [6.07, 6.45) is 21.1. The van der Waals surface area contributed by atoms with Gasteiger partial charge in [0.2, 0.25) is 0 Å². The van der Waals surface area contributed by atoms with Crippen molar-refractivity contribution in [1.82, 2.24) is 0 Å². The van der Waals surface area contributed by atoms with Gasteiger partial charge in [-0.15, -0.1) is 0 Å². The lowest BCUT2D eigenvalue weighted by molar-refractivity contribution is 0.225. The summed E-state index contributed by atoms with van der Waals surface area (Å²) < 4.78 is 12.1. The summed E-state index contributed by atoms with van der Waals surface area (Å²) in [5.74, 6) is 3.60. The third-order valence-corrected chi connectivity index (χ3v) is 7.62. The molecule has 1 heteroatoms. The van der Waals surface area contributed by atoms with E-state index in [9.17, 15) is 4.39 Å². The van der Waals surface area contributed by atoms with Crippen LogP contribution in [0.25, 0.3) is 0 Å². The Labute approximate surface area is 173 Å². The molecule has 0 N–H and O–H groups in total. The van der Waals surface area contributed by atoms with E-state index in [1.807, 2.05) is 0 Å². The fraction of sp³-hybridized carbons (Fsp3) is 0.704. The molecule has 2 aliphatic rings. The fourth-order valence-electron chi connectivity index (χ4n) is 5.70. The van der Waals surface area contributed by atoms with Crippen LogP contribution in [0.5, 0.6) is 0 Å². The quantitative estimate of drug-likeness (QED) is 0.399. The van der Waals surface area contributed by atoms with Crippen molar-refractivity contribution in [2.24, 2.45) is 17.8 Å². The first kappa shape index (κ1) is 21.6. The number of hydrogen-bond donors (Lipinski definition) is 0. The molecule has 0 bridgehead atoms. The normalized spacial score (nSPS) is 28.6. The molecule has 0 spiro atoms. The van der Waals surface area contributed by atoms with E-state index in [2.05, 4.69) is 31.2 Å². The van der Waals surface area contributed by atoms with Crippen LogP contribution < -0.4 is 0 Å². The van der Waals surface area contributed by atoms with Crippen molar-refractivity contribution in [2.75, 3.05) is 0 Å². The molecule has 1 aromatic carbocycles. The summed E-state index contributed by atoms with van der Waals surface area (Å²) in [6.45, 7) is 2.26. The molecule has 156 valence electrons. The third kappa shape index (κ3) is 6.75. The summed E-state index contributed by atoms with van der Waals surface area (Å²) in [5, 5.41) is 0. The van der Waals surface area contributed by atoms with Crippen LogP contribution in [-0.4, -0.2) is 0 Å². The maximum atomic E-state index is 12.1. The zero-order valence-electron chi connectivity index (χ0n) is 18.1. The van der Waals surface area contributed by atoms with Crippen LogP contribution in [0, 0.1) is 17.8 Å². The van der Waals surface area contributed by atoms with Gasteiger partial charge in [0.05, 0.1) is 6.33 Å². The van der Waals surface area contributed by atoms with Crippen molar-refractivity contribution in [3.8, 4) is 0 Å². The molecule has 0 amide bonds. The molecular formula is C27H41F. The van der Waals surface area contributed by atoms with Gasteiger partial charge in [-0.25, -0.2) is 4.39 Å². The van der Waals surface area contributed by atoms with Gasteiger partial charge in [-0.2, -0.15) is 0 Å². The van der Waals surface area contributed by atoms with Crippen LogP contribution in [-0.2, 0) is 6.42 Å². The number of benzene rings is 1. The monoisotopic (exact) mass is 384 g/mol. The second kappa shape index (κ2) is 11.8. The smallest absolute Gasteiger partial charge is 0.0827 e. The Balaban J connectivity index is 1.32. The Kier molecular flexibility index (Phi) is 9.09. The van der Waals surface area contributed by atoms with Gasteiger partial charge in [0.15, 0.2) is 0 Å². The summed E-state index contributed by atoms with van der Waals surface area (Å²) in [7, 11) is 0. The van der Waals surface area contributed by atoms with E-state index < -0.39 is 0 Å². The zero-order chi connectivity index (χ0) is 19.6. The fourth-order valence-corrected chi connectivity index (χ4v) is 5.70. The van der Waals surface area contributed by atoms with Gasteiger partial charge < -0.3 is 0 Å². The SMILES string of the molecule is CCCc1ccc(C2CCC(CCC3CCC(CCC=CF)CC3)CC2)cc1. The maximum absolute atomic E-state index is 12.1. The number of allylic oxidation sites excluding steroid dienone is 1. The largest absolute Gasteiger partial charge is 0.216 e. The van der Waals surface area contributed by atoms with E-state index in [4.69, 9.17) is 0 Å². The molecule has 3 rings (SSSR count). The number of halogens is 1. The van der Waals surface area contributed by atoms with E-state index in [0.29, 0.717) is 6.33 Å². The lowest BCUT2D eigenvalue weighted by Crippen LogP contribution is -2.17. The van der Waals surface area contributed by atoms with Crippen molar-refractivity contribution in [2.45, 2.75) is 103 Å². The van der Waals surface area contributed by atoms with Gasteiger partial charge in [0.1, 0.15) is 0 Å². The summed E-state index contributed by atoms with van der Waals surface area (Å²) in [4.78, 5) is 0. The van der Waals surface area contributed by atoms with Crippen molar-refractivity contribution < 1.29 is 4.39 Å². The van der Waals surface area contributed by atoms with Crippen LogP contribution in [0.1, 0.15) is 107 Å². The van der Waals surface area contributed by atoms with E-state index in [1.165, 1.54) is 89.0 Å². The molecule has 0 unspecified atom stereocenters. The Morgan fingerprint density at radius 2 is 1.32 bits per heavy atom. The molecule has 0 aromatic heterocycles. The van der Waals surface area contributed by atoms with Gasteiger partial charge in [-0.05, 0) is 79.7 Å². The van der Waals surface area contributed by atoms with E-state index in [-0.39, 0.29) is 0 Å². The minimum atomic E-state index is 0.710. The Bertz CT molecular complexity index is 556.